The molecule has 0 radical (unpaired) electrons. The third-order valence-corrected chi connectivity index (χ3v) is 8.23. The quantitative estimate of drug-likeness (QED) is 0.0462. The minimum absolute atomic E-state index is 0.00399. The zero-order chi connectivity index (χ0) is 30.9. The molecule has 0 aromatic rings. The highest BCUT2D eigenvalue weighted by molar-refractivity contribution is 5.76. The second-order valence-electron chi connectivity index (χ2n) is 12.5. The molecule has 3 atom stereocenters. The van der Waals surface area contributed by atoms with Gasteiger partial charge in [0, 0.05) is 0 Å². The van der Waals surface area contributed by atoms with Gasteiger partial charge in [0.15, 0.2) is 0 Å². The number of unbranched alkanes of at least 4 members (excludes halogenated alkanes) is 21. The highest BCUT2D eigenvalue weighted by Crippen LogP contribution is 2.13. The van der Waals surface area contributed by atoms with E-state index < -0.39 is 18.2 Å². The minimum Gasteiger partial charge on any atom is -0.394 e. The van der Waals surface area contributed by atoms with Crippen LogP contribution in [0.15, 0.2) is 24.3 Å². The standard InChI is InChI=1S/C37H71NO4/c1-3-5-7-9-11-13-15-17-19-20-22-24-26-28-30-34(40)32-37(42)38-35(33-39)36(41)31-29-27-25-23-21-18-16-14-12-10-8-6-4-2/h19-20,29,31,34-36,39-41H,3-18,21-28,30,32-33H2,1-2H3,(H,38,42)/b20-19-,31-29+. The lowest BCUT2D eigenvalue weighted by atomic mass is 10.0. The fourth-order valence-electron chi connectivity index (χ4n) is 5.39. The minimum atomic E-state index is -0.928. The fraction of sp³-hybridized carbons (Fsp3) is 0.865. The number of amides is 1. The number of rotatable bonds is 32. The van der Waals surface area contributed by atoms with E-state index in [1.165, 1.54) is 116 Å². The van der Waals surface area contributed by atoms with Crippen molar-refractivity contribution in [1.29, 1.82) is 0 Å². The molecule has 0 aromatic heterocycles. The van der Waals surface area contributed by atoms with Gasteiger partial charge in [-0.05, 0) is 44.9 Å². The first-order chi connectivity index (χ1) is 20.5. The van der Waals surface area contributed by atoms with Crippen molar-refractivity contribution < 1.29 is 20.1 Å². The zero-order valence-corrected chi connectivity index (χ0v) is 27.9. The molecule has 1 amide bonds. The Morgan fingerprint density at radius 3 is 1.45 bits per heavy atom. The summed E-state index contributed by atoms with van der Waals surface area (Å²) in [4.78, 5) is 12.3. The average molecular weight is 594 g/mol. The maximum atomic E-state index is 12.3. The number of nitrogens with one attached hydrogen (secondary N) is 1. The average Bonchev–Trinajstić information content (AvgIpc) is 2.98. The molecule has 0 aromatic carbocycles. The van der Waals surface area contributed by atoms with Crippen LogP contribution in [0.1, 0.15) is 181 Å². The molecule has 0 spiro atoms. The summed E-state index contributed by atoms with van der Waals surface area (Å²) in [5.41, 5.74) is 0. The van der Waals surface area contributed by atoms with Gasteiger partial charge in [-0.1, -0.05) is 154 Å². The SMILES string of the molecule is CCCCCCCCC/C=C\CCCCCC(O)CC(=O)NC(CO)C(O)/C=C/CCCCCCCCCCCCC. The third-order valence-electron chi connectivity index (χ3n) is 8.23. The van der Waals surface area contributed by atoms with Gasteiger partial charge < -0.3 is 20.6 Å². The molecule has 5 nitrogen and oxygen atoms in total. The van der Waals surface area contributed by atoms with Gasteiger partial charge in [0.05, 0.1) is 31.3 Å². The summed E-state index contributed by atoms with van der Waals surface area (Å²) in [7, 11) is 0. The Morgan fingerprint density at radius 1 is 0.595 bits per heavy atom. The van der Waals surface area contributed by atoms with Crippen molar-refractivity contribution in [3.8, 4) is 0 Å². The van der Waals surface area contributed by atoms with Gasteiger partial charge in [0.25, 0.3) is 0 Å². The van der Waals surface area contributed by atoms with Crippen molar-refractivity contribution in [1.82, 2.24) is 5.32 Å². The topological polar surface area (TPSA) is 89.8 Å². The summed E-state index contributed by atoms with van der Waals surface area (Å²) < 4.78 is 0. The number of allylic oxidation sites excluding steroid dienone is 3. The van der Waals surface area contributed by atoms with E-state index in [9.17, 15) is 20.1 Å². The van der Waals surface area contributed by atoms with Crippen molar-refractivity contribution in [2.75, 3.05) is 6.61 Å². The van der Waals surface area contributed by atoms with Crippen LogP contribution in [0.25, 0.3) is 0 Å². The molecule has 5 heteroatoms. The van der Waals surface area contributed by atoms with Crippen LogP contribution >= 0.6 is 0 Å². The smallest absolute Gasteiger partial charge is 0.222 e. The first-order valence-corrected chi connectivity index (χ1v) is 18.1. The summed E-state index contributed by atoms with van der Waals surface area (Å²) >= 11 is 0. The molecule has 0 aliphatic carbocycles. The number of hydrogen-bond donors (Lipinski definition) is 4. The molecule has 0 saturated carbocycles. The van der Waals surface area contributed by atoms with Crippen molar-refractivity contribution in [2.24, 2.45) is 0 Å². The Kier molecular flexibility index (Phi) is 31.8. The second-order valence-corrected chi connectivity index (χ2v) is 12.5. The Balaban J connectivity index is 3.78. The van der Waals surface area contributed by atoms with Gasteiger partial charge in [0.2, 0.25) is 5.91 Å². The van der Waals surface area contributed by atoms with E-state index in [-0.39, 0.29) is 18.9 Å². The van der Waals surface area contributed by atoms with Gasteiger partial charge in [-0.15, -0.1) is 0 Å². The molecule has 0 rings (SSSR count). The molecule has 0 aliphatic heterocycles. The van der Waals surface area contributed by atoms with Crippen molar-refractivity contribution in [3.63, 3.8) is 0 Å². The Hall–Kier alpha value is -1.17. The van der Waals surface area contributed by atoms with E-state index in [1.807, 2.05) is 6.08 Å². The maximum Gasteiger partial charge on any atom is 0.222 e. The number of hydrogen-bond acceptors (Lipinski definition) is 4. The molecule has 0 fully saturated rings. The largest absolute Gasteiger partial charge is 0.394 e. The predicted octanol–water partition coefficient (Wildman–Crippen LogP) is 9.48. The number of carbonyl (C=O) groups excluding carboxylic acids is 1. The number of carbonyl (C=O) groups is 1. The van der Waals surface area contributed by atoms with Crippen LogP contribution in [0.3, 0.4) is 0 Å². The van der Waals surface area contributed by atoms with Crippen LogP contribution in [0.4, 0.5) is 0 Å². The zero-order valence-electron chi connectivity index (χ0n) is 27.9. The van der Waals surface area contributed by atoms with Crippen LogP contribution in [-0.4, -0.2) is 46.1 Å². The normalized spacial score (nSPS) is 14.1. The van der Waals surface area contributed by atoms with Gasteiger partial charge >= 0.3 is 0 Å². The monoisotopic (exact) mass is 594 g/mol. The van der Waals surface area contributed by atoms with Gasteiger partial charge in [0.1, 0.15) is 0 Å². The van der Waals surface area contributed by atoms with Crippen LogP contribution in [0.5, 0.6) is 0 Å². The predicted molar refractivity (Wildman–Crippen MR) is 181 cm³/mol. The molecular weight excluding hydrogens is 522 g/mol. The lowest BCUT2D eigenvalue weighted by Gasteiger charge is -2.21. The van der Waals surface area contributed by atoms with Gasteiger partial charge in [-0.2, -0.15) is 0 Å². The maximum absolute atomic E-state index is 12.3. The van der Waals surface area contributed by atoms with Crippen LogP contribution in [0, 0.1) is 0 Å². The van der Waals surface area contributed by atoms with Crippen molar-refractivity contribution >= 4 is 5.91 Å². The molecule has 0 bridgehead atoms. The van der Waals surface area contributed by atoms with Crippen LogP contribution < -0.4 is 5.32 Å². The molecule has 0 saturated heterocycles. The molecule has 42 heavy (non-hydrogen) atoms. The summed E-state index contributed by atoms with van der Waals surface area (Å²) in [6.07, 6.45) is 37.2. The van der Waals surface area contributed by atoms with Crippen LogP contribution in [-0.2, 0) is 4.79 Å². The van der Waals surface area contributed by atoms with E-state index in [0.717, 1.165) is 38.5 Å². The number of aliphatic hydroxyl groups excluding tert-OH is 3. The lowest BCUT2D eigenvalue weighted by Crippen LogP contribution is -2.45. The first-order valence-electron chi connectivity index (χ1n) is 18.1. The molecular formula is C37H71NO4. The Morgan fingerprint density at radius 2 is 1.00 bits per heavy atom. The summed E-state index contributed by atoms with van der Waals surface area (Å²) in [5, 5.41) is 33.0. The fourth-order valence-corrected chi connectivity index (χ4v) is 5.39. The van der Waals surface area contributed by atoms with Crippen LogP contribution in [0.2, 0.25) is 0 Å². The highest BCUT2D eigenvalue weighted by Gasteiger charge is 2.20. The van der Waals surface area contributed by atoms with Crippen molar-refractivity contribution in [3.05, 3.63) is 24.3 Å². The van der Waals surface area contributed by atoms with Gasteiger partial charge in [-0.3, -0.25) is 4.79 Å². The lowest BCUT2D eigenvalue weighted by molar-refractivity contribution is -0.124. The molecule has 3 unspecified atom stereocenters. The Bertz CT molecular complexity index is 621. The Labute approximate surface area is 261 Å². The first kappa shape index (κ1) is 40.8. The summed E-state index contributed by atoms with van der Waals surface area (Å²) in [6, 6.07) is -0.744. The van der Waals surface area contributed by atoms with E-state index >= 15 is 0 Å². The molecule has 4 N–H and O–H groups in total. The van der Waals surface area contributed by atoms with E-state index in [1.54, 1.807) is 6.08 Å². The summed E-state index contributed by atoms with van der Waals surface area (Å²) in [6.45, 7) is 4.18. The molecule has 248 valence electrons. The number of aliphatic hydroxyl groups is 3. The van der Waals surface area contributed by atoms with Gasteiger partial charge in [-0.25, -0.2) is 0 Å². The summed E-state index contributed by atoms with van der Waals surface area (Å²) in [5.74, 6) is -0.326. The van der Waals surface area contributed by atoms with E-state index in [4.69, 9.17) is 0 Å². The van der Waals surface area contributed by atoms with E-state index in [0.29, 0.717) is 6.42 Å². The van der Waals surface area contributed by atoms with Crippen molar-refractivity contribution in [2.45, 2.75) is 199 Å². The highest BCUT2D eigenvalue weighted by atomic mass is 16.3. The third kappa shape index (κ3) is 28.9. The molecule has 0 heterocycles. The van der Waals surface area contributed by atoms with E-state index in [2.05, 4.69) is 31.3 Å². The molecule has 0 aliphatic rings. The second kappa shape index (κ2) is 32.7.